The molecule has 1 amide bonds. The molecule has 0 saturated heterocycles. The molecule has 2 heterocycles. The molecule has 1 atom stereocenters. The van der Waals surface area contributed by atoms with E-state index >= 15 is 0 Å². The van der Waals surface area contributed by atoms with Crippen LogP contribution < -0.4 is 5.73 Å². The number of carbonyl (C=O) groups is 2. The Labute approximate surface area is 124 Å². The van der Waals surface area contributed by atoms with Crippen LogP contribution in [0.5, 0.6) is 0 Å². The first kappa shape index (κ1) is 15.1. The van der Waals surface area contributed by atoms with Crippen molar-refractivity contribution in [1.82, 2.24) is 20.0 Å². The molecule has 0 spiro atoms. The van der Waals surface area contributed by atoms with Gasteiger partial charge in [0.05, 0.1) is 28.0 Å². The molecular formula is C12H15N5O3S. The average molecular weight is 309 g/mol. The standard InChI is InChI=1S/C12H15N5O3S/c1-5(11(13)18)4-17-9(8(12(19)20)15-16-17)10-6(2)14-7(3)21-10/h5H,4H2,1-3H3,(H2,13,18)(H,19,20). The van der Waals surface area contributed by atoms with Crippen molar-refractivity contribution >= 4 is 23.2 Å². The number of aryl methyl sites for hydroxylation is 2. The Balaban J connectivity index is 2.55. The Morgan fingerprint density at radius 3 is 2.57 bits per heavy atom. The second-order valence-corrected chi connectivity index (χ2v) is 5.93. The Hall–Kier alpha value is -2.29. The number of hydrogen-bond donors (Lipinski definition) is 2. The van der Waals surface area contributed by atoms with Crippen molar-refractivity contribution in [1.29, 1.82) is 0 Å². The largest absolute Gasteiger partial charge is 0.476 e. The number of carboxylic acids is 1. The molecule has 1 unspecified atom stereocenters. The Morgan fingerprint density at radius 2 is 2.10 bits per heavy atom. The summed E-state index contributed by atoms with van der Waals surface area (Å²) in [5.41, 5.74) is 6.16. The van der Waals surface area contributed by atoms with Gasteiger partial charge in [-0.2, -0.15) is 0 Å². The van der Waals surface area contributed by atoms with Gasteiger partial charge >= 0.3 is 5.97 Å². The molecule has 0 aliphatic carbocycles. The van der Waals surface area contributed by atoms with Gasteiger partial charge in [-0.05, 0) is 13.8 Å². The lowest BCUT2D eigenvalue weighted by atomic mass is 10.1. The van der Waals surface area contributed by atoms with Gasteiger partial charge in [-0.1, -0.05) is 12.1 Å². The lowest BCUT2D eigenvalue weighted by Gasteiger charge is -2.09. The zero-order chi connectivity index (χ0) is 15.7. The molecule has 0 fully saturated rings. The number of amides is 1. The maximum absolute atomic E-state index is 11.3. The molecule has 2 rings (SSSR count). The lowest BCUT2D eigenvalue weighted by Crippen LogP contribution is -2.25. The van der Waals surface area contributed by atoms with Crippen molar-refractivity contribution in [3.8, 4) is 10.6 Å². The third kappa shape index (κ3) is 2.92. The van der Waals surface area contributed by atoms with E-state index < -0.39 is 17.8 Å². The number of aromatic carboxylic acids is 1. The molecule has 0 aromatic carbocycles. The van der Waals surface area contributed by atoms with Crippen molar-refractivity contribution in [3.05, 3.63) is 16.4 Å². The van der Waals surface area contributed by atoms with Crippen molar-refractivity contribution < 1.29 is 14.7 Å². The van der Waals surface area contributed by atoms with Gasteiger partial charge in [-0.15, -0.1) is 16.4 Å². The number of primary amides is 1. The van der Waals surface area contributed by atoms with Gasteiger partial charge in [0.25, 0.3) is 0 Å². The van der Waals surface area contributed by atoms with Gasteiger partial charge in [-0.3, -0.25) is 4.79 Å². The van der Waals surface area contributed by atoms with E-state index in [4.69, 9.17) is 5.73 Å². The lowest BCUT2D eigenvalue weighted by molar-refractivity contribution is -0.121. The van der Waals surface area contributed by atoms with Crippen LogP contribution in [0, 0.1) is 19.8 Å². The van der Waals surface area contributed by atoms with Crippen molar-refractivity contribution in [3.63, 3.8) is 0 Å². The first-order chi connectivity index (χ1) is 9.81. The van der Waals surface area contributed by atoms with E-state index in [0.29, 0.717) is 16.3 Å². The summed E-state index contributed by atoms with van der Waals surface area (Å²) >= 11 is 1.36. The fourth-order valence-electron chi connectivity index (χ4n) is 1.91. The van der Waals surface area contributed by atoms with Crippen LogP contribution in [0.2, 0.25) is 0 Å². The van der Waals surface area contributed by atoms with Crippen LogP contribution in [0.15, 0.2) is 0 Å². The summed E-state index contributed by atoms with van der Waals surface area (Å²) < 4.78 is 1.40. The van der Waals surface area contributed by atoms with Crippen molar-refractivity contribution in [2.75, 3.05) is 0 Å². The highest BCUT2D eigenvalue weighted by atomic mass is 32.1. The Morgan fingerprint density at radius 1 is 1.43 bits per heavy atom. The summed E-state index contributed by atoms with van der Waals surface area (Å²) in [6, 6.07) is 0. The summed E-state index contributed by atoms with van der Waals surface area (Å²) in [5, 5.41) is 17.6. The number of nitrogens with two attached hydrogens (primary N) is 1. The van der Waals surface area contributed by atoms with Gasteiger partial charge in [0.2, 0.25) is 5.91 Å². The minimum atomic E-state index is -1.17. The smallest absolute Gasteiger partial charge is 0.358 e. The zero-order valence-electron chi connectivity index (χ0n) is 11.8. The maximum atomic E-state index is 11.3. The van der Waals surface area contributed by atoms with Crippen LogP contribution >= 0.6 is 11.3 Å². The number of aromatic nitrogens is 4. The first-order valence-corrected chi connectivity index (χ1v) is 7.03. The topological polar surface area (TPSA) is 124 Å². The second kappa shape index (κ2) is 5.60. The van der Waals surface area contributed by atoms with Crippen LogP contribution in [0.3, 0.4) is 0 Å². The number of nitrogens with zero attached hydrogens (tertiary/aromatic N) is 4. The third-order valence-corrected chi connectivity index (χ3v) is 4.07. The molecule has 0 bridgehead atoms. The summed E-state index contributed by atoms with van der Waals surface area (Å²) in [7, 11) is 0. The zero-order valence-corrected chi connectivity index (χ0v) is 12.6. The van der Waals surface area contributed by atoms with Crippen molar-refractivity contribution in [2.24, 2.45) is 11.7 Å². The molecule has 21 heavy (non-hydrogen) atoms. The molecule has 0 aliphatic heterocycles. The maximum Gasteiger partial charge on any atom is 0.358 e. The molecule has 0 saturated carbocycles. The SMILES string of the molecule is Cc1nc(C)c(-c2c(C(=O)O)nnn2CC(C)C(N)=O)s1. The van der Waals surface area contributed by atoms with E-state index in [0.717, 1.165) is 5.01 Å². The van der Waals surface area contributed by atoms with E-state index in [-0.39, 0.29) is 12.2 Å². The molecule has 3 N–H and O–H groups in total. The number of thiazole rings is 1. The quantitative estimate of drug-likeness (QED) is 0.843. The number of carbonyl (C=O) groups excluding carboxylic acids is 1. The highest BCUT2D eigenvalue weighted by Gasteiger charge is 2.25. The molecule has 8 nitrogen and oxygen atoms in total. The van der Waals surface area contributed by atoms with Crippen LogP contribution in [-0.2, 0) is 11.3 Å². The normalized spacial score (nSPS) is 12.3. The van der Waals surface area contributed by atoms with Crippen LogP contribution in [0.4, 0.5) is 0 Å². The van der Waals surface area contributed by atoms with E-state index in [1.165, 1.54) is 16.0 Å². The average Bonchev–Trinajstić information content (AvgIpc) is 2.92. The monoisotopic (exact) mass is 309 g/mol. The second-order valence-electron chi connectivity index (χ2n) is 4.72. The van der Waals surface area contributed by atoms with Crippen molar-refractivity contribution in [2.45, 2.75) is 27.3 Å². The summed E-state index contributed by atoms with van der Waals surface area (Å²) in [6.07, 6.45) is 0. The summed E-state index contributed by atoms with van der Waals surface area (Å²) in [4.78, 5) is 27.5. The molecular weight excluding hydrogens is 294 g/mol. The highest BCUT2D eigenvalue weighted by molar-refractivity contribution is 7.15. The van der Waals surface area contributed by atoms with E-state index in [2.05, 4.69) is 15.3 Å². The predicted molar refractivity (Wildman–Crippen MR) is 75.9 cm³/mol. The molecule has 2 aromatic rings. The predicted octanol–water partition coefficient (Wildman–Crippen LogP) is 0.838. The Bertz CT molecular complexity index is 706. The van der Waals surface area contributed by atoms with Crippen LogP contribution in [0.25, 0.3) is 10.6 Å². The van der Waals surface area contributed by atoms with E-state index in [1.807, 2.05) is 6.92 Å². The van der Waals surface area contributed by atoms with E-state index in [1.54, 1.807) is 13.8 Å². The van der Waals surface area contributed by atoms with Gasteiger partial charge in [0.1, 0.15) is 5.69 Å². The number of rotatable bonds is 5. The molecule has 2 aromatic heterocycles. The number of hydrogen-bond acceptors (Lipinski definition) is 6. The highest BCUT2D eigenvalue weighted by Crippen LogP contribution is 2.31. The Kier molecular flexibility index (Phi) is 4.03. The minimum absolute atomic E-state index is 0.154. The van der Waals surface area contributed by atoms with Crippen LogP contribution in [0.1, 0.15) is 28.1 Å². The van der Waals surface area contributed by atoms with Crippen LogP contribution in [-0.4, -0.2) is 37.0 Å². The number of carboxylic acid groups (broad SMARTS) is 1. The molecule has 112 valence electrons. The minimum Gasteiger partial charge on any atom is -0.476 e. The molecule has 0 aliphatic rings. The fourth-order valence-corrected chi connectivity index (χ4v) is 2.88. The molecule has 0 radical (unpaired) electrons. The van der Waals surface area contributed by atoms with Gasteiger partial charge in [-0.25, -0.2) is 14.5 Å². The fraction of sp³-hybridized carbons (Fsp3) is 0.417. The first-order valence-electron chi connectivity index (χ1n) is 6.21. The van der Waals surface area contributed by atoms with E-state index in [9.17, 15) is 14.7 Å². The van der Waals surface area contributed by atoms with Gasteiger partial charge in [0, 0.05) is 0 Å². The molecule has 9 heteroatoms. The summed E-state index contributed by atoms with van der Waals surface area (Å²) in [6.45, 7) is 5.45. The van der Waals surface area contributed by atoms with Gasteiger partial charge < -0.3 is 10.8 Å². The van der Waals surface area contributed by atoms with Gasteiger partial charge in [0.15, 0.2) is 5.69 Å². The third-order valence-electron chi connectivity index (χ3n) is 2.99. The summed E-state index contributed by atoms with van der Waals surface area (Å²) in [5.74, 6) is -2.14.